The van der Waals surface area contributed by atoms with E-state index in [0.717, 1.165) is 27.1 Å². The molecule has 24 heavy (non-hydrogen) atoms. The molecule has 7 heteroatoms. The van der Waals surface area contributed by atoms with Crippen molar-refractivity contribution < 1.29 is 9.53 Å². The summed E-state index contributed by atoms with van der Waals surface area (Å²) in [4.78, 5) is 23.2. The number of pyridine rings is 1. The third kappa shape index (κ3) is 3.37. The van der Waals surface area contributed by atoms with Crippen molar-refractivity contribution in [3.8, 4) is 0 Å². The van der Waals surface area contributed by atoms with Crippen molar-refractivity contribution in [2.24, 2.45) is 4.99 Å². The molecule has 1 aromatic heterocycles. The van der Waals surface area contributed by atoms with Gasteiger partial charge in [-0.05, 0) is 30.3 Å². The van der Waals surface area contributed by atoms with Gasteiger partial charge in [0.05, 0.1) is 30.7 Å². The van der Waals surface area contributed by atoms with E-state index >= 15 is 0 Å². The first-order valence-corrected chi connectivity index (χ1v) is 8.43. The van der Waals surface area contributed by atoms with Gasteiger partial charge in [-0.25, -0.2) is 0 Å². The van der Waals surface area contributed by atoms with Gasteiger partial charge in [-0.2, -0.15) is 0 Å². The number of carbonyl (C=O) groups excluding carboxylic acids is 1. The summed E-state index contributed by atoms with van der Waals surface area (Å²) in [5, 5.41) is 0. The molecule has 0 saturated heterocycles. The van der Waals surface area contributed by atoms with E-state index in [4.69, 9.17) is 17.0 Å². The number of hydrogen-bond acceptors (Lipinski definition) is 5. The van der Waals surface area contributed by atoms with E-state index in [0.29, 0.717) is 11.5 Å². The van der Waals surface area contributed by atoms with Crippen LogP contribution < -0.4 is 4.90 Å². The Bertz CT molecular complexity index is 824. The number of esters is 1. The summed E-state index contributed by atoms with van der Waals surface area (Å²) in [5.41, 5.74) is 3.20. The van der Waals surface area contributed by atoms with Crippen LogP contribution in [-0.4, -0.2) is 41.9 Å². The SMILES string of the molecule is COC(=O)CN1C(=S)CN=C(c2ccccn2)c2cc(Br)ccc21. The van der Waals surface area contributed by atoms with Crippen molar-refractivity contribution in [3.63, 3.8) is 0 Å². The van der Waals surface area contributed by atoms with E-state index < -0.39 is 0 Å². The summed E-state index contributed by atoms with van der Waals surface area (Å²) in [6.45, 7) is 0.361. The zero-order valence-electron chi connectivity index (χ0n) is 12.9. The molecule has 0 amide bonds. The second-order valence-electron chi connectivity index (χ2n) is 5.10. The lowest BCUT2D eigenvalue weighted by Gasteiger charge is -2.24. The molecule has 0 fully saturated rings. The summed E-state index contributed by atoms with van der Waals surface area (Å²) < 4.78 is 5.71. The number of methoxy groups -OCH3 is 1. The molecule has 2 aromatic rings. The Morgan fingerprint density at radius 2 is 2.21 bits per heavy atom. The van der Waals surface area contributed by atoms with Gasteiger partial charge in [-0.15, -0.1) is 0 Å². The number of rotatable bonds is 3. The lowest BCUT2D eigenvalue weighted by Crippen LogP contribution is -2.36. The lowest BCUT2D eigenvalue weighted by atomic mass is 10.0. The third-order valence-corrected chi connectivity index (χ3v) is 4.44. The Morgan fingerprint density at radius 3 is 2.92 bits per heavy atom. The summed E-state index contributed by atoms with van der Waals surface area (Å²) in [6.07, 6.45) is 1.73. The molecule has 2 heterocycles. The van der Waals surface area contributed by atoms with Gasteiger partial charge in [0.2, 0.25) is 0 Å². The van der Waals surface area contributed by atoms with E-state index in [1.165, 1.54) is 7.11 Å². The molecule has 0 saturated carbocycles. The van der Waals surface area contributed by atoms with Crippen LogP contribution in [-0.2, 0) is 9.53 Å². The number of halogens is 1. The molecule has 1 aromatic carbocycles. The van der Waals surface area contributed by atoms with E-state index in [1.54, 1.807) is 11.1 Å². The molecule has 0 radical (unpaired) electrons. The predicted octanol–water partition coefficient (Wildman–Crippen LogP) is 3.00. The fourth-order valence-electron chi connectivity index (χ4n) is 2.47. The number of carbonyl (C=O) groups is 1. The van der Waals surface area contributed by atoms with Gasteiger partial charge in [0.1, 0.15) is 11.5 Å². The average molecular weight is 404 g/mol. The molecule has 0 N–H and O–H groups in total. The largest absolute Gasteiger partial charge is 0.468 e. The number of thiocarbonyl (C=S) groups is 1. The summed E-state index contributed by atoms with van der Waals surface area (Å²) in [5.74, 6) is -0.354. The summed E-state index contributed by atoms with van der Waals surface area (Å²) in [7, 11) is 1.36. The van der Waals surface area contributed by atoms with E-state index in [2.05, 4.69) is 25.9 Å². The van der Waals surface area contributed by atoms with Gasteiger partial charge in [-0.1, -0.05) is 34.2 Å². The summed E-state index contributed by atoms with van der Waals surface area (Å²) in [6, 6.07) is 11.5. The van der Waals surface area contributed by atoms with Crippen molar-refractivity contribution in [3.05, 3.63) is 58.3 Å². The highest BCUT2D eigenvalue weighted by molar-refractivity contribution is 9.10. The van der Waals surface area contributed by atoms with E-state index in [1.807, 2.05) is 36.4 Å². The Balaban J connectivity index is 2.14. The number of ether oxygens (including phenoxy) is 1. The van der Waals surface area contributed by atoms with Crippen molar-refractivity contribution in [2.75, 3.05) is 25.1 Å². The molecule has 1 aliphatic heterocycles. The first-order valence-electron chi connectivity index (χ1n) is 7.23. The maximum Gasteiger partial charge on any atom is 0.325 e. The van der Waals surface area contributed by atoms with Crippen molar-refractivity contribution >= 4 is 50.5 Å². The number of nitrogens with zero attached hydrogens (tertiary/aromatic N) is 3. The predicted molar refractivity (Wildman–Crippen MR) is 101 cm³/mol. The number of benzodiazepines with no additional fused rings is 1. The molecular weight excluding hydrogens is 390 g/mol. The smallest absolute Gasteiger partial charge is 0.325 e. The second kappa shape index (κ2) is 7.19. The number of hydrogen-bond donors (Lipinski definition) is 0. The Kier molecular flexibility index (Phi) is 5.01. The van der Waals surface area contributed by atoms with Gasteiger partial charge < -0.3 is 9.64 Å². The third-order valence-electron chi connectivity index (χ3n) is 3.60. The van der Waals surface area contributed by atoms with Crippen LogP contribution in [0.5, 0.6) is 0 Å². The van der Waals surface area contributed by atoms with Crippen LogP contribution in [0.25, 0.3) is 0 Å². The number of aliphatic imine (C=N–C) groups is 1. The lowest BCUT2D eigenvalue weighted by molar-refractivity contribution is -0.138. The van der Waals surface area contributed by atoms with Crippen LogP contribution in [0.4, 0.5) is 5.69 Å². The zero-order valence-corrected chi connectivity index (χ0v) is 15.3. The molecule has 122 valence electrons. The van der Waals surface area contributed by atoms with Crippen molar-refractivity contribution in [1.29, 1.82) is 0 Å². The van der Waals surface area contributed by atoms with Gasteiger partial charge in [0, 0.05) is 16.2 Å². The molecule has 0 bridgehead atoms. The van der Waals surface area contributed by atoms with Gasteiger partial charge in [0.15, 0.2) is 0 Å². The molecular formula is C17H14BrN3O2S. The zero-order chi connectivity index (χ0) is 17.1. The molecule has 3 rings (SSSR count). The van der Waals surface area contributed by atoms with E-state index in [-0.39, 0.29) is 12.5 Å². The van der Waals surface area contributed by atoms with Crippen LogP contribution in [0.3, 0.4) is 0 Å². The van der Waals surface area contributed by atoms with Gasteiger partial charge >= 0.3 is 5.97 Å². The molecule has 0 spiro atoms. The first kappa shape index (κ1) is 16.7. The normalized spacial score (nSPS) is 13.8. The quantitative estimate of drug-likeness (QED) is 0.582. The minimum absolute atomic E-state index is 0.0506. The highest BCUT2D eigenvalue weighted by atomic mass is 79.9. The highest BCUT2D eigenvalue weighted by Crippen LogP contribution is 2.29. The van der Waals surface area contributed by atoms with Gasteiger partial charge in [0.25, 0.3) is 0 Å². The maximum atomic E-state index is 11.8. The van der Waals surface area contributed by atoms with Gasteiger partial charge in [-0.3, -0.25) is 14.8 Å². The minimum atomic E-state index is -0.354. The molecule has 0 unspecified atom stereocenters. The topological polar surface area (TPSA) is 54.8 Å². The fraction of sp³-hybridized carbons (Fsp3) is 0.176. The average Bonchev–Trinajstić information content (AvgIpc) is 2.73. The Labute approximate surface area is 153 Å². The van der Waals surface area contributed by atoms with Crippen LogP contribution in [0, 0.1) is 0 Å². The number of anilines is 1. The van der Waals surface area contributed by atoms with Crippen molar-refractivity contribution in [2.45, 2.75) is 0 Å². The number of fused-ring (bicyclic) bond motifs is 1. The monoisotopic (exact) mass is 403 g/mol. The Morgan fingerprint density at radius 1 is 1.38 bits per heavy atom. The number of benzene rings is 1. The highest BCUT2D eigenvalue weighted by Gasteiger charge is 2.25. The Hall–Kier alpha value is -2.12. The molecule has 1 aliphatic rings. The summed E-state index contributed by atoms with van der Waals surface area (Å²) >= 11 is 8.97. The maximum absolute atomic E-state index is 11.8. The van der Waals surface area contributed by atoms with Crippen molar-refractivity contribution in [1.82, 2.24) is 4.98 Å². The first-order chi connectivity index (χ1) is 11.6. The fourth-order valence-corrected chi connectivity index (χ4v) is 3.06. The van der Waals surface area contributed by atoms with Crippen LogP contribution in [0.2, 0.25) is 0 Å². The molecule has 0 aliphatic carbocycles. The second-order valence-corrected chi connectivity index (χ2v) is 6.48. The van der Waals surface area contributed by atoms with Crippen LogP contribution in [0.15, 0.2) is 52.1 Å². The van der Waals surface area contributed by atoms with E-state index in [9.17, 15) is 4.79 Å². The molecule has 5 nitrogen and oxygen atoms in total. The van der Waals surface area contributed by atoms with Crippen LogP contribution in [0.1, 0.15) is 11.3 Å². The standard InChI is InChI=1S/C17H14BrN3O2S/c1-23-16(22)10-21-14-6-5-11(18)8-12(14)17(20-9-15(21)24)13-4-2-3-7-19-13/h2-8H,9-10H2,1H3. The molecule has 0 atom stereocenters. The van der Waals surface area contributed by atoms with Crippen LogP contribution >= 0.6 is 28.1 Å². The minimum Gasteiger partial charge on any atom is -0.468 e. The number of aromatic nitrogens is 1.